The highest BCUT2D eigenvalue weighted by Crippen LogP contribution is 2.25. The number of carbonyl (C=O) groups excluding carboxylic acids is 1. The van der Waals surface area contributed by atoms with Gasteiger partial charge in [-0.05, 0) is 12.1 Å². The minimum Gasteiger partial charge on any atom is -0.477 e. The lowest BCUT2D eigenvalue weighted by molar-refractivity contribution is -0.385. The van der Waals surface area contributed by atoms with E-state index in [9.17, 15) is 14.9 Å². The molecular weight excluding hydrogens is 316 g/mol. The predicted octanol–water partition coefficient (Wildman–Crippen LogP) is 1.78. The largest absolute Gasteiger partial charge is 0.477 e. The van der Waals surface area contributed by atoms with Gasteiger partial charge in [-0.15, -0.1) is 0 Å². The van der Waals surface area contributed by atoms with E-state index in [2.05, 4.69) is 10.5 Å². The predicted molar refractivity (Wildman–Crippen MR) is 87.4 cm³/mol. The number of nitro groups is 1. The molecule has 0 radical (unpaired) electrons. The van der Waals surface area contributed by atoms with E-state index in [0.29, 0.717) is 11.6 Å². The number of benzene rings is 1. The summed E-state index contributed by atoms with van der Waals surface area (Å²) in [6.45, 7) is -0.400. The molecule has 1 heterocycles. The van der Waals surface area contributed by atoms with Crippen molar-refractivity contribution >= 4 is 23.7 Å². The lowest BCUT2D eigenvalue weighted by atomic mass is 10.3. The lowest BCUT2D eigenvalue weighted by Gasteiger charge is -2.06. The number of hydrogen-bond donors (Lipinski definition) is 1. The summed E-state index contributed by atoms with van der Waals surface area (Å²) in [5.41, 5.74) is 2.04. The minimum absolute atomic E-state index is 0.0169. The second-order valence-electron chi connectivity index (χ2n) is 4.88. The molecule has 0 aliphatic heterocycles. The van der Waals surface area contributed by atoms with E-state index in [0.717, 1.165) is 0 Å². The summed E-state index contributed by atoms with van der Waals surface area (Å²) in [6.07, 6.45) is 1.34. The molecular formula is C15H16N4O5. The summed E-state index contributed by atoms with van der Waals surface area (Å²) in [7, 11) is 3.67. The van der Waals surface area contributed by atoms with Gasteiger partial charge in [-0.25, -0.2) is 5.43 Å². The molecule has 0 aliphatic rings. The van der Waals surface area contributed by atoms with Gasteiger partial charge in [0.05, 0.1) is 11.1 Å². The molecule has 1 aromatic carbocycles. The molecule has 1 aromatic heterocycles. The number of amides is 1. The van der Waals surface area contributed by atoms with Crippen LogP contribution in [0.1, 0.15) is 5.76 Å². The Morgan fingerprint density at radius 3 is 2.79 bits per heavy atom. The summed E-state index contributed by atoms with van der Waals surface area (Å²) in [4.78, 5) is 23.7. The van der Waals surface area contributed by atoms with Crippen molar-refractivity contribution in [3.8, 4) is 5.75 Å². The number of nitro benzene ring substituents is 1. The third kappa shape index (κ3) is 4.57. The summed E-state index contributed by atoms with van der Waals surface area (Å²) < 4.78 is 10.6. The summed E-state index contributed by atoms with van der Waals surface area (Å²) in [5.74, 6) is 0.591. The van der Waals surface area contributed by atoms with Crippen LogP contribution in [-0.4, -0.2) is 37.7 Å². The Kier molecular flexibility index (Phi) is 5.50. The zero-order valence-electron chi connectivity index (χ0n) is 13.1. The molecule has 0 bridgehead atoms. The summed E-state index contributed by atoms with van der Waals surface area (Å²) >= 11 is 0. The van der Waals surface area contributed by atoms with Crippen LogP contribution in [0.25, 0.3) is 0 Å². The number of ether oxygens (including phenoxy) is 1. The highest BCUT2D eigenvalue weighted by molar-refractivity contribution is 5.81. The normalized spacial score (nSPS) is 10.6. The van der Waals surface area contributed by atoms with Crippen LogP contribution in [0.4, 0.5) is 11.6 Å². The Hall–Kier alpha value is -3.36. The van der Waals surface area contributed by atoms with E-state index in [1.165, 1.54) is 24.4 Å². The van der Waals surface area contributed by atoms with Crippen LogP contribution in [0.5, 0.6) is 5.75 Å². The number of carbonyl (C=O) groups is 1. The van der Waals surface area contributed by atoms with Gasteiger partial charge in [-0.3, -0.25) is 14.9 Å². The van der Waals surface area contributed by atoms with Gasteiger partial charge < -0.3 is 14.1 Å². The van der Waals surface area contributed by atoms with Crippen LogP contribution < -0.4 is 15.1 Å². The second-order valence-corrected chi connectivity index (χ2v) is 4.88. The van der Waals surface area contributed by atoms with Gasteiger partial charge in [0, 0.05) is 26.2 Å². The van der Waals surface area contributed by atoms with Gasteiger partial charge >= 0.3 is 5.69 Å². The molecule has 1 amide bonds. The Morgan fingerprint density at radius 2 is 2.12 bits per heavy atom. The molecule has 126 valence electrons. The van der Waals surface area contributed by atoms with E-state index >= 15 is 0 Å². The monoisotopic (exact) mass is 332 g/mol. The number of hydrazone groups is 1. The fraction of sp³-hybridized carbons (Fsp3) is 0.200. The van der Waals surface area contributed by atoms with Gasteiger partial charge in [0.15, 0.2) is 18.2 Å². The number of hydrogen-bond acceptors (Lipinski definition) is 7. The highest BCUT2D eigenvalue weighted by Gasteiger charge is 2.14. The maximum atomic E-state index is 11.6. The topological polar surface area (TPSA) is 110 Å². The van der Waals surface area contributed by atoms with Crippen molar-refractivity contribution in [2.75, 3.05) is 25.6 Å². The van der Waals surface area contributed by atoms with E-state index in [-0.39, 0.29) is 11.4 Å². The van der Waals surface area contributed by atoms with E-state index in [4.69, 9.17) is 9.15 Å². The molecule has 2 aromatic rings. The third-order valence-corrected chi connectivity index (χ3v) is 2.86. The first kappa shape index (κ1) is 17.0. The molecule has 0 aliphatic carbocycles. The molecule has 0 unspecified atom stereocenters. The van der Waals surface area contributed by atoms with Crippen molar-refractivity contribution in [2.24, 2.45) is 5.10 Å². The minimum atomic E-state index is -0.579. The van der Waals surface area contributed by atoms with Crippen molar-refractivity contribution in [3.05, 3.63) is 52.3 Å². The molecule has 1 N–H and O–H groups in total. The van der Waals surface area contributed by atoms with Crippen molar-refractivity contribution in [3.63, 3.8) is 0 Å². The number of nitrogens with zero attached hydrogens (tertiary/aromatic N) is 3. The van der Waals surface area contributed by atoms with Gasteiger partial charge in [-0.2, -0.15) is 5.10 Å². The number of nitrogens with one attached hydrogen (secondary N) is 1. The molecule has 0 fully saturated rings. The van der Waals surface area contributed by atoms with Crippen LogP contribution in [0.2, 0.25) is 0 Å². The Labute approximate surface area is 137 Å². The van der Waals surface area contributed by atoms with Gasteiger partial charge in [-0.1, -0.05) is 12.1 Å². The Bertz CT molecular complexity index is 754. The average Bonchev–Trinajstić information content (AvgIpc) is 3.02. The van der Waals surface area contributed by atoms with Gasteiger partial charge in [0.2, 0.25) is 0 Å². The van der Waals surface area contributed by atoms with Gasteiger partial charge in [0.1, 0.15) is 5.76 Å². The molecule has 0 saturated heterocycles. The van der Waals surface area contributed by atoms with Crippen LogP contribution in [-0.2, 0) is 4.79 Å². The van der Waals surface area contributed by atoms with Crippen LogP contribution in [0.15, 0.2) is 45.9 Å². The van der Waals surface area contributed by atoms with Crippen molar-refractivity contribution in [2.45, 2.75) is 0 Å². The quantitative estimate of drug-likeness (QED) is 0.470. The highest BCUT2D eigenvalue weighted by atomic mass is 16.6. The molecule has 0 atom stereocenters. The van der Waals surface area contributed by atoms with Crippen molar-refractivity contribution in [1.29, 1.82) is 0 Å². The number of para-hydroxylation sites is 2. The molecule has 0 spiro atoms. The molecule has 2 rings (SSSR count). The van der Waals surface area contributed by atoms with Crippen molar-refractivity contribution < 1.29 is 18.9 Å². The number of rotatable bonds is 7. The average molecular weight is 332 g/mol. The van der Waals surface area contributed by atoms with Crippen LogP contribution in [0.3, 0.4) is 0 Å². The zero-order chi connectivity index (χ0) is 17.5. The maximum absolute atomic E-state index is 11.6. The van der Waals surface area contributed by atoms with E-state index in [1.54, 1.807) is 23.1 Å². The zero-order valence-corrected chi connectivity index (χ0v) is 13.1. The van der Waals surface area contributed by atoms with Crippen molar-refractivity contribution in [1.82, 2.24) is 5.43 Å². The fourth-order valence-corrected chi connectivity index (χ4v) is 1.73. The van der Waals surface area contributed by atoms with E-state index < -0.39 is 17.4 Å². The third-order valence-electron chi connectivity index (χ3n) is 2.86. The first-order valence-electron chi connectivity index (χ1n) is 6.92. The molecule has 24 heavy (non-hydrogen) atoms. The second kappa shape index (κ2) is 7.77. The van der Waals surface area contributed by atoms with Crippen LogP contribution >= 0.6 is 0 Å². The first-order chi connectivity index (χ1) is 11.5. The molecule has 0 saturated carbocycles. The maximum Gasteiger partial charge on any atom is 0.310 e. The van der Waals surface area contributed by atoms with Gasteiger partial charge in [0.25, 0.3) is 5.91 Å². The number of furan rings is 1. The summed E-state index contributed by atoms with van der Waals surface area (Å²) in [6, 6.07) is 9.28. The summed E-state index contributed by atoms with van der Waals surface area (Å²) in [5, 5.41) is 14.6. The molecule has 9 heteroatoms. The Balaban J connectivity index is 1.85. The lowest BCUT2D eigenvalue weighted by Crippen LogP contribution is -2.24. The number of anilines is 1. The van der Waals surface area contributed by atoms with E-state index in [1.807, 2.05) is 14.1 Å². The standard InChI is InChI=1S/C15H16N4O5/c1-18(2)15-8-7-11(24-15)9-16-17-14(20)10-23-13-6-4-3-5-12(13)19(21)22/h3-9H,10H2,1-2H3,(H,17,20)/b16-9+. The smallest absolute Gasteiger partial charge is 0.310 e. The van der Waals surface area contributed by atoms with Crippen LogP contribution in [0, 0.1) is 10.1 Å². The Morgan fingerprint density at radius 1 is 1.38 bits per heavy atom. The SMILES string of the molecule is CN(C)c1ccc(/C=N/NC(=O)COc2ccccc2[N+](=O)[O-])o1. The first-order valence-corrected chi connectivity index (χ1v) is 6.92. The molecule has 9 nitrogen and oxygen atoms in total. The fourth-order valence-electron chi connectivity index (χ4n) is 1.73.